The number of carbonyl (C=O) groups is 1. The molecular weight excluding hydrogens is 372 g/mol. The summed E-state index contributed by atoms with van der Waals surface area (Å²) in [7, 11) is 1.59. The predicted molar refractivity (Wildman–Crippen MR) is 113 cm³/mol. The molecule has 0 bridgehead atoms. The maximum absolute atomic E-state index is 12.5. The highest BCUT2D eigenvalue weighted by atomic mass is 16.7. The Morgan fingerprint density at radius 3 is 2.55 bits per heavy atom. The van der Waals surface area contributed by atoms with E-state index in [1.54, 1.807) is 19.3 Å². The summed E-state index contributed by atoms with van der Waals surface area (Å²) in [5.74, 6) is -0.941. The van der Waals surface area contributed by atoms with Gasteiger partial charge in [-0.2, -0.15) is 0 Å². The minimum absolute atomic E-state index is 0.174. The van der Waals surface area contributed by atoms with Crippen molar-refractivity contribution in [2.24, 2.45) is 0 Å². The molecule has 0 aromatic carbocycles. The number of methoxy groups -OCH3 is 1. The second kappa shape index (κ2) is 13.9. The van der Waals surface area contributed by atoms with Crippen molar-refractivity contribution in [1.82, 2.24) is 0 Å². The summed E-state index contributed by atoms with van der Waals surface area (Å²) in [5.41, 5.74) is 0. The molecule has 0 saturated carbocycles. The maximum Gasteiger partial charge on any atom is 0.306 e. The fraction of sp³-hybridized carbons (Fsp3) is 0.783. The SMILES string of the molecule is C=CC[C@@H](OC(=O)CC[C@@H]1OC(C)(C)O[C@H]1C=C)[C@@H](CCCCCC)OCOC. The lowest BCUT2D eigenvalue weighted by atomic mass is 10.0. The fourth-order valence-electron chi connectivity index (χ4n) is 3.52. The van der Waals surface area contributed by atoms with Crippen molar-refractivity contribution in [3.63, 3.8) is 0 Å². The topological polar surface area (TPSA) is 63.2 Å². The van der Waals surface area contributed by atoms with Crippen LogP contribution < -0.4 is 0 Å². The normalized spacial score (nSPS) is 22.8. The van der Waals surface area contributed by atoms with Crippen LogP contribution in [0.3, 0.4) is 0 Å². The standard InChI is InChI=1S/C23H40O6/c1-7-10-11-12-14-19(26-17-25-6)20(13-8-2)27-22(24)16-15-21-18(9-3)28-23(4,5)29-21/h8-9,18-21H,2-3,7,10-17H2,1,4-6H3/t18-,19+,20+,21-/m0/s1. The lowest BCUT2D eigenvalue weighted by Gasteiger charge is -2.26. The van der Waals surface area contributed by atoms with E-state index in [4.69, 9.17) is 23.7 Å². The van der Waals surface area contributed by atoms with Crippen LogP contribution in [0, 0.1) is 0 Å². The molecule has 1 heterocycles. The summed E-state index contributed by atoms with van der Waals surface area (Å²) in [6, 6.07) is 0. The van der Waals surface area contributed by atoms with Gasteiger partial charge in [-0.1, -0.05) is 44.8 Å². The number of rotatable bonds is 16. The van der Waals surface area contributed by atoms with E-state index in [-0.39, 0.29) is 43.6 Å². The Balaban J connectivity index is 2.60. The molecule has 168 valence electrons. The molecule has 0 unspecified atom stereocenters. The number of esters is 1. The first-order valence-corrected chi connectivity index (χ1v) is 10.8. The quantitative estimate of drug-likeness (QED) is 0.155. The van der Waals surface area contributed by atoms with Crippen molar-refractivity contribution >= 4 is 5.97 Å². The Bertz CT molecular complexity index is 490. The zero-order valence-corrected chi connectivity index (χ0v) is 18.7. The van der Waals surface area contributed by atoms with Crippen LogP contribution in [0.5, 0.6) is 0 Å². The van der Waals surface area contributed by atoms with Crippen LogP contribution in [0.2, 0.25) is 0 Å². The lowest BCUT2D eigenvalue weighted by Crippen LogP contribution is -2.34. The van der Waals surface area contributed by atoms with Crippen LogP contribution in [0.15, 0.2) is 25.3 Å². The number of unbranched alkanes of at least 4 members (excludes halogenated alkanes) is 3. The molecule has 4 atom stereocenters. The summed E-state index contributed by atoms with van der Waals surface area (Å²) in [4.78, 5) is 12.5. The smallest absolute Gasteiger partial charge is 0.306 e. The van der Waals surface area contributed by atoms with E-state index >= 15 is 0 Å². The van der Waals surface area contributed by atoms with Crippen molar-refractivity contribution in [3.8, 4) is 0 Å². The van der Waals surface area contributed by atoms with E-state index in [9.17, 15) is 4.79 Å². The van der Waals surface area contributed by atoms with Gasteiger partial charge < -0.3 is 23.7 Å². The molecule has 1 fully saturated rings. The molecule has 0 N–H and O–H groups in total. The van der Waals surface area contributed by atoms with Gasteiger partial charge >= 0.3 is 5.97 Å². The van der Waals surface area contributed by atoms with Gasteiger partial charge in [0.25, 0.3) is 0 Å². The Hall–Kier alpha value is -1.21. The lowest BCUT2D eigenvalue weighted by molar-refractivity contribution is -0.167. The number of hydrogen-bond donors (Lipinski definition) is 0. The van der Waals surface area contributed by atoms with E-state index in [1.807, 2.05) is 13.8 Å². The van der Waals surface area contributed by atoms with Crippen molar-refractivity contribution in [3.05, 3.63) is 25.3 Å². The summed E-state index contributed by atoms with van der Waals surface area (Å²) in [5, 5.41) is 0. The van der Waals surface area contributed by atoms with Crippen LogP contribution in [0.4, 0.5) is 0 Å². The summed E-state index contributed by atoms with van der Waals surface area (Å²) < 4.78 is 28.3. The first kappa shape index (κ1) is 25.8. The van der Waals surface area contributed by atoms with Crippen LogP contribution >= 0.6 is 0 Å². The Kier molecular flexibility index (Phi) is 12.4. The average Bonchev–Trinajstić information content (AvgIpc) is 2.99. The summed E-state index contributed by atoms with van der Waals surface area (Å²) in [6.07, 6.45) is 9.11. The Labute approximate surface area is 176 Å². The van der Waals surface area contributed by atoms with Gasteiger partial charge in [0.1, 0.15) is 19.0 Å². The van der Waals surface area contributed by atoms with E-state index < -0.39 is 5.79 Å². The molecule has 1 saturated heterocycles. The molecular formula is C23H40O6. The minimum Gasteiger partial charge on any atom is -0.459 e. The molecule has 0 aromatic rings. The van der Waals surface area contributed by atoms with Crippen LogP contribution in [-0.2, 0) is 28.5 Å². The first-order chi connectivity index (χ1) is 13.9. The second-order valence-electron chi connectivity index (χ2n) is 7.93. The predicted octanol–water partition coefficient (Wildman–Crippen LogP) is 4.92. The van der Waals surface area contributed by atoms with Gasteiger partial charge in [0.05, 0.1) is 12.2 Å². The van der Waals surface area contributed by atoms with Crippen LogP contribution in [0.25, 0.3) is 0 Å². The highest BCUT2D eigenvalue weighted by Crippen LogP contribution is 2.31. The highest BCUT2D eigenvalue weighted by molar-refractivity contribution is 5.69. The third-order valence-corrected chi connectivity index (χ3v) is 4.93. The van der Waals surface area contributed by atoms with E-state index in [1.165, 1.54) is 12.8 Å². The van der Waals surface area contributed by atoms with Gasteiger partial charge in [0, 0.05) is 20.0 Å². The maximum atomic E-state index is 12.5. The zero-order valence-electron chi connectivity index (χ0n) is 18.7. The van der Waals surface area contributed by atoms with Gasteiger partial charge in [0.2, 0.25) is 0 Å². The molecule has 6 heteroatoms. The van der Waals surface area contributed by atoms with Crippen LogP contribution in [0.1, 0.15) is 72.1 Å². The number of hydrogen-bond acceptors (Lipinski definition) is 6. The van der Waals surface area contributed by atoms with E-state index in [2.05, 4.69) is 20.1 Å². The van der Waals surface area contributed by atoms with Gasteiger partial charge in [-0.05, 0) is 26.7 Å². The Morgan fingerprint density at radius 2 is 1.93 bits per heavy atom. The summed E-state index contributed by atoms with van der Waals surface area (Å²) in [6.45, 7) is 13.7. The molecule has 6 nitrogen and oxygen atoms in total. The third-order valence-electron chi connectivity index (χ3n) is 4.93. The van der Waals surface area contributed by atoms with E-state index in [0.29, 0.717) is 12.8 Å². The first-order valence-electron chi connectivity index (χ1n) is 10.8. The van der Waals surface area contributed by atoms with Crippen molar-refractivity contribution in [1.29, 1.82) is 0 Å². The van der Waals surface area contributed by atoms with Crippen molar-refractivity contribution in [2.45, 2.75) is 102 Å². The molecule has 1 rings (SSSR count). The Morgan fingerprint density at radius 1 is 1.17 bits per heavy atom. The van der Waals surface area contributed by atoms with Crippen molar-refractivity contribution in [2.75, 3.05) is 13.9 Å². The van der Waals surface area contributed by atoms with Gasteiger partial charge in [-0.3, -0.25) is 4.79 Å². The molecule has 29 heavy (non-hydrogen) atoms. The van der Waals surface area contributed by atoms with Gasteiger partial charge in [0.15, 0.2) is 5.79 Å². The molecule has 0 aliphatic carbocycles. The van der Waals surface area contributed by atoms with Gasteiger partial charge in [-0.25, -0.2) is 0 Å². The fourth-order valence-corrected chi connectivity index (χ4v) is 3.52. The number of ether oxygens (including phenoxy) is 5. The molecule has 0 spiro atoms. The zero-order chi connectivity index (χ0) is 21.7. The van der Waals surface area contributed by atoms with Crippen LogP contribution in [-0.4, -0.2) is 50.1 Å². The monoisotopic (exact) mass is 412 g/mol. The van der Waals surface area contributed by atoms with E-state index in [0.717, 1.165) is 19.3 Å². The third kappa shape index (κ3) is 9.90. The molecule has 1 aliphatic heterocycles. The van der Waals surface area contributed by atoms with Crippen molar-refractivity contribution < 1.29 is 28.5 Å². The molecule has 1 aliphatic rings. The molecule has 0 radical (unpaired) electrons. The van der Waals surface area contributed by atoms with Gasteiger partial charge in [-0.15, -0.1) is 13.2 Å². The average molecular weight is 413 g/mol. The molecule has 0 amide bonds. The summed E-state index contributed by atoms with van der Waals surface area (Å²) >= 11 is 0. The number of carbonyl (C=O) groups excluding carboxylic acids is 1. The minimum atomic E-state index is -0.670. The molecule has 0 aromatic heterocycles. The highest BCUT2D eigenvalue weighted by Gasteiger charge is 2.39. The second-order valence-corrected chi connectivity index (χ2v) is 7.93. The largest absolute Gasteiger partial charge is 0.459 e.